The van der Waals surface area contributed by atoms with Gasteiger partial charge in [0.2, 0.25) is 0 Å². The summed E-state index contributed by atoms with van der Waals surface area (Å²) in [6, 6.07) is 9.28. The Kier molecular flexibility index (Phi) is 8.57. The van der Waals surface area contributed by atoms with Gasteiger partial charge in [-0.25, -0.2) is 14.6 Å². The van der Waals surface area contributed by atoms with E-state index in [1.165, 1.54) is 19.4 Å². The van der Waals surface area contributed by atoms with Gasteiger partial charge in [-0.2, -0.15) is 0 Å². The number of pyridine rings is 1. The molecule has 0 saturated heterocycles. The first-order chi connectivity index (χ1) is 14.5. The van der Waals surface area contributed by atoms with E-state index in [1.54, 1.807) is 0 Å². The summed E-state index contributed by atoms with van der Waals surface area (Å²) in [5, 5.41) is 12.3. The third kappa shape index (κ3) is 6.45. The minimum Gasteiger partial charge on any atom is -0.503 e. The maximum absolute atomic E-state index is 12.4. The monoisotopic (exact) mass is 418 g/mol. The molecule has 1 heterocycles. The number of methoxy groups -OCH3 is 2. The minimum absolute atomic E-state index is 0.0340. The number of nitrogens with zero attached hydrogens (tertiary/aromatic N) is 1. The molecule has 30 heavy (non-hydrogen) atoms. The van der Waals surface area contributed by atoms with Gasteiger partial charge in [0, 0.05) is 12.3 Å². The number of amides is 1. The second kappa shape index (κ2) is 11.4. The van der Waals surface area contributed by atoms with Gasteiger partial charge in [-0.3, -0.25) is 4.79 Å². The number of carbonyl (C=O) groups excluding carboxylic acids is 3. The van der Waals surface area contributed by atoms with Crippen LogP contribution in [0.25, 0.3) is 0 Å². The van der Waals surface area contributed by atoms with Gasteiger partial charge < -0.3 is 29.4 Å². The van der Waals surface area contributed by atoms with E-state index in [2.05, 4.69) is 15.0 Å². The van der Waals surface area contributed by atoms with Crippen LogP contribution in [0.4, 0.5) is 0 Å². The highest BCUT2D eigenvalue weighted by Crippen LogP contribution is 2.27. The van der Waals surface area contributed by atoms with Crippen LogP contribution in [0, 0.1) is 0 Å². The minimum atomic E-state index is -1.31. The first-order valence-electron chi connectivity index (χ1n) is 8.84. The van der Waals surface area contributed by atoms with E-state index in [-0.39, 0.29) is 24.7 Å². The molecule has 1 atom stereocenters. The van der Waals surface area contributed by atoms with E-state index < -0.39 is 36.2 Å². The summed E-state index contributed by atoms with van der Waals surface area (Å²) in [7, 11) is 2.43. The topological polar surface area (TPSA) is 133 Å². The fourth-order valence-corrected chi connectivity index (χ4v) is 2.35. The lowest BCUT2D eigenvalue weighted by Gasteiger charge is -2.17. The summed E-state index contributed by atoms with van der Waals surface area (Å²) in [5.74, 6) is -2.91. The van der Waals surface area contributed by atoms with Gasteiger partial charge in [0.15, 0.2) is 23.2 Å². The summed E-state index contributed by atoms with van der Waals surface area (Å²) in [6.07, 6.45) is 1.25. The number of hydrogen-bond donors (Lipinski definition) is 2. The molecule has 2 rings (SSSR count). The van der Waals surface area contributed by atoms with Crippen molar-refractivity contribution in [2.75, 3.05) is 27.4 Å². The highest BCUT2D eigenvalue weighted by molar-refractivity contribution is 5.98. The second-order valence-electron chi connectivity index (χ2n) is 5.92. The Bertz CT molecular complexity index is 872. The molecule has 1 unspecified atom stereocenters. The van der Waals surface area contributed by atoms with Gasteiger partial charge in [-0.05, 0) is 5.56 Å². The third-order valence-corrected chi connectivity index (χ3v) is 3.86. The molecule has 2 aromatic rings. The van der Waals surface area contributed by atoms with E-state index >= 15 is 0 Å². The van der Waals surface area contributed by atoms with Crippen molar-refractivity contribution >= 4 is 17.8 Å². The zero-order chi connectivity index (χ0) is 21.9. The summed E-state index contributed by atoms with van der Waals surface area (Å²) >= 11 is 0. The van der Waals surface area contributed by atoms with E-state index in [0.717, 1.165) is 12.7 Å². The van der Waals surface area contributed by atoms with Crippen molar-refractivity contribution in [1.82, 2.24) is 10.3 Å². The Hall–Kier alpha value is -3.66. The van der Waals surface area contributed by atoms with Crippen LogP contribution in [-0.2, 0) is 30.4 Å². The van der Waals surface area contributed by atoms with Crippen molar-refractivity contribution in [3.05, 3.63) is 53.9 Å². The fraction of sp³-hybridized carbons (Fsp3) is 0.300. The molecule has 1 aromatic heterocycles. The molecular weight excluding hydrogens is 396 g/mol. The number of esters is 2. The number of nitrogens with one attached hydrogen (secondary N) is 1. The molecule has 0 aliphatic heterocycles. The molecule has 160 valence electrons. The normalized spacial score (nSPS) is 11.3. The van der Waals surface area contributed by atoms with Crippen molar-refractivity contribution in [3.8, 4) is 11.5 Å². The van der Waals surface area contributed by atoms with Crippen molar-refractivity contribution < 1.29 is 38.4 Å². The maximum atomic E-state index is 12.4. The van der Waals surface area contributed by atoms with Crippen LogP contribution in [0.2, 0.25) is 0 Å². The number of aromatic hydroxyl groups is 1. The van der Waals surface area contributed by atoms with Crippen LogP contribution >= 0.6 is 0 Å². The number of carbonyl (C=O) groups is 3. The molecule has 0 spiro atoms. The van der Waals surface area contributed by atoms with Gasteiger partial charge in [0.1, 0.15) is 13.2 Å². The SMILES string of the molecule is COC(=O)C(COC(=O)COCc1ccccc1)NC(=O)c1nccc(OC)c1O. The largest absolute Gasteiger partial charge is 0.503 e. The van der Waals surface area contributed by atoms with E-state index in [4.69, 9.17) is 14.2 Å². The molecule has 10 heteroatoms. The van der Waals surface area contributed by atoms with Crippen molar-refractivity contribution in [2.45, 2.75) is 12.6 Å². The molecule has 0 radical (unpaired) electrons. The van der Waals surface area contributed by atoms with E-state index in [0.29, 0.717) is 0 Å². The van der Waals surface area contributed by atoms with Crippen LogP contribution < -0.4 is 10.1 Å². The van der Waals surface area contributed by atoms with Crippen molar-refractivity contribution in [3.63, 3.8) is 0 Å². The molecule has 10 nitrogen and oxygen atoms in total. The Labute approximate surface area is 172 Å². The average molecular weight is 418 g/mol. The standard InChI is InChI=1S/C20H22N2O8/c1-27-15-8-9-21-17(18(15)24)19(25)22-14(20(26)28-2)11-30-16(23)12-29-10-13-6-4-3-5-7-13/h3-9,14,24H,10-12H2,1-2H3,(H,22,25). The second-order valence-corrected chi connectivity index (χ2v) is 5.92. The summed E-state index contributed by atoms with van der Waals surface area (Å²) in [6.45, 7) is -0.612. The van der Waals surface area contributed by atoms with Crippen LogP contribution in [0.5, 0.6) is 11.5 Å². The summed E-state index contributed by atoms with van der Waals surface area (Å²) in [5.41, 5.74) is 0.524. The molecule has 0 bridgehead atoms. The molecule has 0 aliphatic carbocycles. The highest BCUT2D eigenvalue weighted by Gasteiger charge is 2.26. The van der Waals surface area contributed by atoms with Crippen molar-refractivity contribution in [2.24, 2.45) is 0 Å². The fourth-order valence-electron chi connectivity index (χ4n) is 2.35. The quantitative estimate of drug-likeness (QED) is 0.538. The Morgan fingerprint density at radius 1 is 1.13 bits per heavy atom. The van der Waals surface area contributed by atoms with E-state index in [1.807, 2.05) is 30.3 Å². The summed E-state index contributed by atoms with van der Waals surface area (Å²) in [4.78, 5) is 39.9. The molecule has 0 fully saturated rings. The lowest BCUT2D eigenvalue weighted by Crippen LogP contribution is -2.45. The number of benzene rings is 1. The van der Waals surface area contributed by atoms with Crippen LogP contribution in [-0.4, -0.2) is 61.4 Å². The zero-order valence-electron chi connectivity index (χ0n) is 16.5. The first-order valence-corrected chi connectivity index (χ1v) is 8.84. The van der Waals surface area contributed by atoms with Gasteiger partial charge in [-0.15, -0.1) is 0 Å². The maximum Gasteiger partial charge on any atom is 0.332 e. The molecular formula is C20H22N2O8. The van der Waals surface area contributed by atoms with Crippen molar-refractivity contribution in [1.29, 1.82) is 0 Å². The number of rotatable bonds is 10. The zero-order valence-corrected chi connectivity index (χ0v) is 16.5. The molecule has 0 aliphatic rings. The van der Waals surface area contributed by atoms with Crippen LogP contribution in [0.3, 0.4) is 0 Å². The van der Waals surface area contributed by atoms with Gasteiger partial charge in [0.25, 0.3) is 5.91 Å². The molecule has 0 saturated carbocycles. The predicted molar refractivity (Wildman–Crippen MR) is 103 cm³/mol. The Morgan fingerprint density at radius 3 is 2.53 bits per heavy atom. The third-order valence-electron chi connectivity index (χ3n) is 3.86. The van der Waals surface area contributed by atoms with E-state index in [9.17, 15) is 19.5 Å². The van der Waals surface area contributed by atoms with Crippen LogP contribution in [0.15, 0.2) is 42.6 Å². The first kappa shape index (κ1) is 22.6. The van der Waals surface area contributed by atoms with Gasteiger partial charge in [0.05, 0.1) is 20.8 Å². The summed E-state index contributed by atoms with van der Waals surface area (Å²) < 4.78 is 19.8. The number of ether oxygens (including phenoxy) is 4. The number of aromatic nitrogens is 1. The highest BCUT2D eigenvalue weighted by atomic mass is 16.6. The van der Waals surface area contributed by atoms with Gasteiger partial charge in [-0.1, -0.05) is 30.3 Å². The smallest absolute Gasteiger partial charge is 0.332 e. The van der Waals surface area contributed by atoms with Crippen LogP contribution in [0.1, 0.15) is 16.1 Å². The lowest BCUT2D eigenvalue weighted by atomic mass is 10.2. The molecule has 1 amide bonds. The predicted octanol–water partition coefficient (Wildman–Crippen LogP) is 0.827. The Morgan fingerprint density at radius 2 is 1.87 bits per heavy atom. The van der Waals surface area contributed by atoms with Gasteiger partial charge >= 0.3 is 11.9 Å². The molecule has 2 N–H and O–H groups in total. The lowest BCUT2D eigenvalue weighted by molar-refractivity contribution is -0.153. The molecule has 1 aromatic carbocycles. The Balaban J connectivity index is 1.90. The average Bonchev–Trinajstić information content (AvgIpc) is 2.76. The number of hydrogen-bond acceptors (Lipinski definition) is 9.